The molecule has 0 aromatic heterocycles. The van der Waals surface area contributed by atoms with Gasteiger partial charge in [-0.05, 0) is 12.8 Å². The van der Waals surface area contributed by atoms with Gasteiger partial charge in [-0.2, -0.15) is 0 Å². The average molecular weight is 164 g/mol. The van der Waals surface area contributed by atoms with Crippen molar-refractivity contribution in [1.29, 1.82) is 0 Å². The summed E-state index contributed by atoms with van der Waals surface area (Å²) in [5, 5.41) is 35.9. The highest BCUT2D eigenvalue weighted by Gasteiger charge is 2.49. The van der Waals surface area contributed by atoms with Crippen molar-refractivity contribution in [3.63, 3.8) is 0 Å². The molecule has 0 spiro atoms. The Morgan fingerprint density at radius 2 is 1.64 bits per heavy atom. The molecule has 1 aliphatic rings. The van der Waals surface area contributed by atoms with Gasteiger partial charge in [0.05, 0.1) is 6.61 Å². The zero-order valence-corrected chi connectivity index (χ0v) is 6.03. The Labute approximate surface area is 63.8 Å². The second-order valence-corrected chi connectivity index (χ2v) is 2.73. The molecule has 0 aromatic rings. The maximum absolute atomic E-state index is 9.01. The molecule has 11 heavy (non-hydrogen) atoms. The number of hydrogen-bond donors (Lipinski definition) is 4. The van der Waals surface area contributed by atoms with Gasteiger partial charge in [-0.1, -0.05) is 0 Å². The summed E-state index contributed by atoms with van der Waals surface area (Å²) >= 11 is 0. The maximum Gasteiger partial charge on any atom is 0.335 e. The Balaban J connectivity index is 2.72. The van der Waals surface area contributed by atoms with Gasteiger partial charge in [0, 0.05) is 6.42 Å². The van der Waals surface area contributed by atoms with Gasteiger partial charge >= 0.3 is 5.97 Å². The first-order valence-corrected chi connectivity index (χ1v) is 3.49. The van der Waals surface area contributed by atoms with Crippen molar-refractivity contribution >= 4 is 0 Å². The van der Waals surface area contributed by atoms with Gasteiger partial charge in [0.25, 0.3) is 0 Å². The van der Waals surface area contributed by atoms with Crippen molar-refractivity contribution in [3.8, 4) is 0 Å². The third-order valence-corrected chi connectivity index (χ3v) is 1.74. The smallest absolute Gasteiger partial charge is 0.335 e. The third-order valence-electron chi connectivity index (χ3n) is 1.74. The summed E-state index contributed by atoms with van der Waals surface area (Å²) in [4.78, 5) is 0. The van der Waals surface area contributed by atoms with E-state index in [0.29, 0.717) is 12.8 Å². The molecule has 1 rings (SSSR count). The first-order valence-electron chi connectivity index (χ1n) is 3.49. The molecule has 0 aliphatic carbocycles. The second kappa shape index (κ2) is 2.69. The van der Waals surface area contributed by atoms with Crippen LogP contribution in [0.4, 0.5) is 0 Å². The minimum Gasteiger partial charge on any atom is -0.359 e. The third kappa shape index (κ3) is 1.69. The summed E-state index contributed by atoms with van der Waals surface area (Å²) in [6.07, 6.45) is 0.988. The molecule has 66 valence electrons. The van der Waals surface area contributed by atoms with Crippen LogP contribution < -0.4 is 0 Å². The SMILES string of the molecule is OC1(O)CCCCOC1(O)O. The van der Waals surface area contributed by atoms with Crippen molar-refractivity contribution < 1.29 is 25.2 Å². The first kappa shape index (κ1) is 8.89. The van der Waals surface area contributed by atoms with Crippen molar-refractivity contribution in [3.05, 3.63) is 0 Å². The van der Waals surface area contributed by atoms with E-state index in [-0.39, 0.29) is 13.0 Å². The molecule has 0 atom stereocenters. The number of hydrogen-bond acceptors (Lipinski definition) is 5. The molecule has 0 unspecified atom stereocenters. The summed E-state index contributed by atoms with van der Waals surface area (Å²) < 4.78 is 4.42. The predicted octanol–water partition coefficient (Wildman–Crippen LogP) is -1.49. The van der Waals surface area contributed by atoms with Crippen LogP contribution in [0.1, 0.15) is 19.3 Å². The molecule has 5 heteroatoms. The number of ether oxygens (including phenoxy) is 1. The minimum absolute atomic E-state index is 0.0972. The fraction of sp³-hybridized carbons (Fsp3) is 1.00. The topological polar surface area (TPSA) is 90.2 Å². The highest BCUT2D eigenvalue weighted by Crippen LogP contribution is 2.27. The van der Waals surface area contributed by atoms with Gasteiger partial charge in [-0.15, -0.1) is 0 Å². The van der Waals surface area contributed by atoms with Crippen LogP contribution >= 0.6 is 0 Å². The summed E-state index contributed by atoms with van der Waals surface area (Å²) in [6.45, 7) is 0.121. The Bertz CT molecular complexity index is 126. The Hall–Kier alpha value is -0.200. The fourth-order valence-electron chi connectivity index (χ4n) is 0.966. The van der Waals surface area contributed by atoms with Crippen LogP contribution in [0, 0.1) is 0 Å². The van der Waals surface area contributed by atoms with Crippen LogP contribution in [-0.2, 0) is 4.74 Å². The van der Waals surface area contributed by atoms with Gasteiger partial charge < -0.3 is 25.2 Å². The first-order chi connectivity index (χ1) is 4.96. The molecule has 1 fully saturated rings. The van der Waals surface area contributed by atoms with Crippen molar-refractivity contribution in [2.75, 3.05) is 6.61 Å². The van der Waals surface area contributed by atoms with Crippen LogP contribution in [0.15, 0.2) is 0 Å². The van der Waals surface area contributed by atoms with Crippen LogP contribution in [0.3, 0.4) is 0 Å². The van der Waals surface area contributed by atoms with Crippen molar-refractivity contribution in [2.24, 2.45) is 0 Å². The molecular formula is C6H12O5. The standard InChI is InChI=1S/C6H12O5/c7-5(8)3-1-2-4-11-6(5,9)10/h7-10H,1-4H2. The van der Waals surface area contributed by atoms with Gasteiger partial charge in [0.2, 0.25) is 5.79 Å². The van der Waals surface area contributed by atoms with E-state index >= 15 is 0 Å². The Morgan fingerprint density at radius 3 is 2.27 bits per heavy atom. The Kier molecular flexibility index (Phi) is 2.17. The van der Waals surface area contributed by atoms with Crippen LogP contribution in [0.2, 0.25) is 0 Å². The minimum atomic E-state index is -2.83. The fourth-order valence-corrected chi connectivity index (χ4v) is 0.966. The monoisotopic (exact) mass is 164 g/mol. The summed E-state index contributed by atoms with van der Waals surface area (Å²) in [5.41, 5.74) is 0. The highest BCUT2D eigenvalue weighted by atomic mass is 16.8. The van der Waals surface area contributed by atoms with Crippen LogP contribution in [-0.4, -0.2) is 38.8 Å². The zero-order chi connectivity index (χ0) is 8.54. The normalized spacial score (nSPS) is 29.5. The van der Waals surface area contributed by atoms with Gasteiger partial charge in [0.1, 0.15) is 0 Å². The molecule has 1 aliphatic heterocycles. The highest BCUT2D eigenvalue weighted by molar-refractivity contribution is 4.76. The molecule has 1 saturated heterocycles. The average Bonchev–Trinajstić information content (AvgIpc) is 1.94. The predicted molar refractivity (Wildman–Crippen MR) is 34.1 cm³/mol. The molecule has 1 heterocycles. The molecule has 0 aromatic carbocycles. The van der Waals surface area contributed by atoms with Crippen molar-refractivity contribution in [1.82, 2.24) is 0 Å². The summed E-state index contributed by atoms with van der Waals surface area (Å²) in [5.74, 6) is -5.38. The van der Waals surface area contributed by atoms with E-state index in [1.165, 1.54) is 0 Å². The van der Waals surface area contributed by atoms with Crippen molar-refractivity contribution in [2.45, 2.75) is 31.0 Å². The van der Waals surface area contributed by atoms with E-state index in [1.54, 1.807) is 0 Å². The Morgan fingerprint density at radius 1 is 1.00 bits per heavy atom. The zero-order valence-electron chi connectivity index (χ0n) is 6.03. The lowest BCUT2D eigenvalue weighted by molar-refractivity contribution is -0.456. The lowest BCUT2D eigenvalue weighted by Gasteiger charge is -2.31. The lowest BCUT2D eigenvalue weighted by Crippen LogP contribution is -2.55. The quantitative estimate of drug-likeness (QED) is 0.327. The van der Waals surface area contributed by atoms with Crippen LogP contribution in [0.25, 0.3) is 0 Å². The number of rotatable bonds is 0. The number of aliphatic hydroxyl groups is 4. The van der Waals surface area contributed by atoms with Gasteiger partial charge in [-0.25, -0.2) is 0 Å². The van der Waals surface area contributed by atoms with E-state index in [9.17, 15) is 0 Å². The largest absolute Gasteiger partial charge is 0.359 e. The maximum atomic E-state index is 9.01. The molecule has 4 N–H and O–H groups in total. The molecule has 0 bridgehead atoms. The van der Waals surface area contributed by atoms with E-state index in [1.807, 2.05) is 0 Å². The second-order valence-electron chi connectivity index (χ2n) is 2.73. The lowest BCUT2D eigenvalue weighted by atomic mass is 10.1. The van der Waals surface area contributed by atoms with E-state index in [4.69, 9.17) is 20.4 Å². The molecule has 0 saturated carbocycles. The van der Waals surface area contributed by atoms with Gasteiger partial charge in [0.15, 0.2) is 0 Å². The summed E-state index contributed by atoms with van der Waals surface area (Å²) in [6, 6.07) is 0. The molecular weight excluding hydrogens is 152 g/mol. The molecule has 0 radical (unpaired) electrons. The van der Waals surface area contributed by atoms with E-state index in [2.05, 4.69) is 4.74 Å². The van der Waals surface area contributed by atoms with E-state index in [0.717, 1.165) is 0 Å². The van der Waals surface area contributed by atoms with E-state index < -0.39 is 11.8 Å². The molecule has 0 amide bonds. The summed E-state index contributed by atoms with van der Waals surface area (Å²) in [7, 11) is 0. The van der Waals surface area contributed by atoms with Crippen LogP contribution in [0.5, 0.6) is 0 Å². The molecule has 5 nitrogen and oxygen atoms in total. The van der Waals surface area contributed by atoms with Gasteiger partial charge in [-0.3, -0.25) is 0 Å².